The molecule has 0 N–H and O–H groups in total. The molecule has 3 nitrogen and oxygen atoms in total. The zero-order chi connectivity index (χ0) is 10.0. The molecular weight excluding hydrogens is 181 g/mol. The summed E-state index contributed by atoms with van der Waals surface area (Å²) in [5, 5.41) is 0. The van der Waals surface area contributed by atoms with E-state index in [-0.39, 0.29) is 6.54 Å². The fourth-order valence-electron chi connectivity index (χ4n) is 1.87. The number of piperazine rings is 1. The van der Waals surface area contributed by atoms with E-state index in [1.165, 1.54) is 0 Å². The molecule has 1 unspecified atom stereocenters. The molecule has 0 aromatic heterocycles. The Bertz CT molecular complexity index is 256. The van der Waals surface area contributed by atoms with Crippen LogP contribution in [0.3, 0.4) is 0 Å². The minimum Gasteiger partial charge on any atom is -0.304 e. The maximum atomic E-state index is 14.3. The van der Waals surface area contributed by atoms with E-state index in [2.05, 4.69) is 16.9 Å². The fourth-order valence-corrected chi connectivity index (χ4v) is 1.87. The van der Waals surface area contributed by atoms with E-state index in [0.717, 1.165) is 26.2 Å². The van der Waals surface area contributed by atoms with Crippen LogP contribution in [0.1, 0.15) is 0 Å². The molecule has 2 aliphatic rings. The van der Waals surface area contributed by atoms with E-state index in [4.69, 9.17) is 0 Å². The van der Waals surface area contributed by atoms with Gasteiger partial charge in [0.25, 0.3) is 0 Å². The van der Waals surface area contributed by atoms with Gasteiger partial charge in [-0.05, 0) is 19.2 Å². The van der Waals surface area contributed by atoms with Crippen molar-refractivity contribution in [2.45, 2.75) is 5.79 Å². The molecule has 0 radical (unpaired) electrons. The average molecular weight is 197 g/mol. The van der Waals surface area contributed by atoms with Crippen molar-refractivity contribution in [3.05, 3.63) is 12.2 Å². The Balaban J connectivity index is 2.00. The van der Waals surface area contributed by atoms with Crippen molar-refractivity contribution >= 4 is 6.21 Å². The molecule has 1 fully saturated rings. The van der Waals surface area contributed by atoms with Crippen LogP contribution in [0.4, 0.5) is 4.39 Å². The molecule has 4 heteroatoms. The number of nitrogens with zero attached hydrogens (tertiary/aromatic N) is 3. The monoisotopic (exact) mass is 197 g/mol. The first-order valence-corrected chi connectivity index (χ1v) is 5.01. The highest BCUT2D eigenvalue weighted by molar-refractivity contribution is 5.72. The van der Waals surface area contributed by atoms with Crippen LogP contribution in [0.5, 0.6) is 0 Å². The molecule has 0 aromatic carbocycles. The molecular formula is C10H16FN3. The first kappa shape index (κ1) is 9.80. The maximum Gasteiger partial charge on any atom is 0.202 e. The molecule has 14 heavy (non-hydrogen) atoms. The molecule has 0 bridgehead atoms. The third-order valence-electron chi connectivity index (χ3n) is 2.89. The topological polar surface area (TPSA) is 18.8 Å². The summed E-state index contributed by atoms with van der Waals surface area (Å²) in [5.74, 6) is -1.34. The van der Waals surface area contributed by atoms with Crippen molar-refractivity contribution in [3.8, 4) is 0 Å². The van der Waals surface area contributed by atoms with E-state index in [9.17, 15) is 4.39 Å². The minimum absolute atomic E-state index is 0.243. The maximum absolute atomic E-state index is 14.3. The minimum atomic E-state index is -1.34. The summed E-state index contributed by atoms with van der Waals surface area (Å²) < 4.78 is 14.3. The molecule has 0 amide bonds. The molecule has 1 saturated heterocycles. The van der Waals surface area contributed by atoms with Crippen LogP contribution in [-0.4, -0.2) is 61.6 Å². The number of halogens is 1. The number of dihydropyridines is 1. The van der Waals surface area contributed by atoms with Gasteiger partial charge in [0.1, 0.15) is 0 Å². The Morgan fingerprint density at radius 3 is 2.57 bits per heavy atom. The van der Waals surface area contributed by atoms with Crippen molar-refractivity contribution in [2.75, 3.05) is 39.8 Å². The van der Waals surface area contributed by atoms with Gasteiger partial charge in [0, 0.05) is 32.4 Å². The van der Waals surface area contributed by atoms with Gasteiger partial charge in [0.05, 0.1) is 6.54 Å². The van der Waals surface area contributed by atoms with Gasteiger partial charge < -0.3 is 4.90 Å². The van der Waals surface area contributed by atoms with Crippen LogP contribution in [0.2, 0.25) is 0 Å². The van der Waals surface area contributed by atoms with Crippen LogP contribution in [0, 0.1) is 0 Å². The van der Waals surface area contributed by atoms with Crippen LogP contribution >= 0.6 is 0 Å². The molecule has 2 rings (SSSR count). The predicted molar refractivity (Wildman–Crippen MR) is 55.4 cm³/mol. The van der Waals surface area contributed by atoms with Crippen molar-refractivity contribution in [1.82, 2.24) is 9.80 Å². The Labute approximate surface area is 83.9 Å². The van der Waals surface area contributed by atoms with Gasteiger partial charge in [-0.2, -0.15) is 0 Å². The van der Waals surface area contributed by atoms with Gasteiger partial charge in [0.2, 0.25) is 5.79 Å². The lowest BCUT2D eigenvalue weighted by molar-refractivity contribution is -0.0134. The summed E-state index contributed by atoms with van der Waals surface area (Å²) in [6.07, 6.45) is 4.97. The molecule has 0 aromatic rings. The van der Waals surface area contributed by atoms with Gasteiger partial charge in [-0.3, -0.25) is 9.89 Å². The zero-order valence-corrected chi connectivity index (χ0v) is 8.49. The summed E-state index contributed by atoms with van der Waals surface area (Å²) in [6, 6.07) is 0. The number of aliphatic imine (C=N–C) groups is 1. The van der Waals surface area contributed by atoms with Crippen molar-refractivity contribution in [2.24, 2.45) is 4.99 Å². The van der Waals surface area contributed by atoms with Crippen molar-refractivity contribution in [1.29, 1.82) is 0 Å². The van der Waals surface area contributed by atoms with E-state index >= 15 is 0 Å². The number of hydrogen-bond acceptors (Lipinski definition) is 3. The van der Waals surface area contributed by atoms with E-state index in [1.54, 1.807) is 18.4 Å². The van der Waals surface area contributed by atoms with Crippen LogP contribution < -0.4 is 0 Å². The molecule has 2 aliphatic heterocycles. The summed E-state index contributed by atoms with van der Waals surface area (Å²) in [5.41, 5.74) is 0. The fraction of sp³-hybridized carbons (Fsp3) is 0.700. The number of allylic oxidation sites excluding steroid dienone is 1. The van der Waals surface area contributed by atoms with Gasteiger partial charge in [0.15, 0.2) is 0 Å². The van der Waals surface area contributed by atoms with Gasteiger partial charge in [-0.25, -0.2) is 4.39 Å². The quantitative estimate of drug-likeness (QED) is 0.571. The zero-order valence-electron chi connectivity index (χ0n) is 8.49. The van der Waals surface area contributed by atoms with E-state index in [1.807, 2.05) is 4.90 Å². The molecule has 1 atom stereocenters. The first-order valence-electron chi connectivity index (χ1n) is 5.01. The summed E-state index contributed by atoms with van der Waals surface area (Å²) in [7, 11) is 2.07. The normalized spacial score (nSPS) is 35.0. The first-order chi connectivity index (χ1) is 6.71. The van der Waals surface area contributed by atoms with Gasteiger partial charge in [-0.15, -0.1) is 0 Å². The largest absolute Gasteiger partial charge is 0.304 e. The highest BCUT2D eigenvalue weighted by atomic mass is 19.1. The Morgan fingerprint density at radius 2 is 2.00 bits per heavy atom. The van der Waals surface area contributed by atoms with Crippen LogP contribution in [-0.2, 0) is 0 Å². The summed E-state index contributed by atoms with van der Waals surface area (Å²) in [4.78, 5) is 8.08. The van der Waals surface area contributed by atoms with Gasteiger partial charge in [-0.1, -0.05) is 0 Å². The van der Waals surface area contributed by atoms with Crippen LogP contribution in [0.15, 0.2) is 17.1 Å². The Hall–Kier alpha value is -0.740. The second-order valence-corrected chi connectivity index (χ2v) is 3.96. The molecule has 2 heterocycles. The molecule has 78 valence electrons. The summed E-state index contributed by atoms with van der Waals surface area (Å²) >= 11 is 0. The second kappa shape index (κ2) is 3.79. The number of likely N-dealkylation sites (N-methyl/N-ethyl adjacent to an activating group) is 1. The highest BCUT2D eigenvalue weighted by Crippen LogP contribution is 2.23. The lowest BCUT2D eigenvalue weighted by Crippen LogP contribution is -2.55. The van der Waals surface area contributed by atoms with Crippen LogP contribution in [0.25, 0.3) is 0 Å². The average Bonchev–Trinajstić information content (AvgIpc) is 2.19. The third-order valence-corrected chi connectivity index (χ3v) is 2.89. The SMILES string of the molecule is CN1CCN(C2(F)C=CC=NC2)CC1. The molecule has 0 spiro atoms. The Morgan fingerprint density at radius 1 is 1.29 bits per heavy atom. The lowest BCUT2D eigenvalue weighted by atomic mass is 10.1. The summed E-state index contributed by atoms with van der Waals surface area (Å²) in [6.45, 7) is 3.68. The van der Waals surface area contributed by atoms with Crippen molar-refractivity contribution < 1.29 is 4.39 Å². The number of alkyl halides is 1. The molecule has 0 saturated carbocycles. The molecule has 0 aliphatic carbocycles. The standard InChI is InChI=1S/C10H16FN3/c1-13-5-7-14(8-6-13)10(11)3-2-4-12-9-10/h2-4H,5-9H2,1H3. The number of rotatable bonds is 1. The Kier molecular flexibility index (Phi) is 2.65. The smallest absolute Gasteiger partial charge is 0.202 e. The lowest BCUT2D eigenvalue weighted by Gasteiger charge is -2.40. The third kappa shape index (κ3) is 1.86. The van der Waals surface area contributed by atoms with E-state index in [0.29, 0.717) is 0 Å². The van der Waals surface area contributed by atoms with Gasteiger partial charge >= 0.3 is 0 Å². The van der Waals surface area contributed by atoms with Crippen molar-refractivity contribution in [3.63, 3.8) is 0 Å². The predicted octanol–water partition coefficient (Wildman–Crippen LogP) is 0.540. The number of hydrogen-bond donors (Lipinski definition) is 0. The highest BCUT2D eigenvalue weighted by Gasteiger charge is 2.36. The second-order valence-electron chi connectivity index (χ2n) is 3.96. The van der Waals surface area contributed by atoms with E-state index < -0.39 is 5.79 Å².